The van der Waals surface area contributed by atoms with Gasteiger partial charge in [-0.25, -0.2) is 0 Å². The molecule has 0 aromatic heterocycles. The van der Waals surface area contributed by atoms with Crippen molar-refractivity contribution in [2.75, 3.05) is 26.2 Å². The molecule has 0 spiro atoms. The number of nitrogens with zero attached hydrogens (tertiary/aromatic N) is 1. The van der Waals surface area contributed by atoms with Gasteiger partial charge in [-0.15, -0.1) is 0 Å². The minimum atomic E-state index is -0.808. The number of nitrogens with one attached hydrogen (secondary N) is 3. The number of carbonyl (C=O) groups excluding carboxylic acids is 4. The molecule has 2 aliphatic rings. The van der Waals surface area contributed by atoms with Gasteiger partial charge in [0.25, 0.3) is 0 Å². The van der Waals surface area contributed by atoms with E-state index < -0.39 is 23.8 Å². The van der Waals surface area contributed by atoms with Crippen molar-refractivity contribution in [3.05, 3.63) is 0 Å². The molecule has 2 fully saturated rings. The molecule has 2 aliphatic heterocycles. The van der Waals surface area contributed by atoms with E-state index in [4.69, 9.17) is 0 Å². The van der Waals surface area contributed by atoms with Crippen LogP contribution in [-0.4, -0.2) is 60.7 Å². The lowest BCUT2D eigenvalue weighted by molar-refractivity contribution is -0.147. The van der Waals surface area contributed by atoms with Gasteiger partial charge in [-0.1, -0.05) is 0 Å². The largest absolute Gasteiger partial charge is 0.336 e. The van der Waals surface area contributed by atoms with Gasteiger partial charge in [-0.05, 0) is 6.42 Å². The molecule has 2 heterocycles. The Morgan fingerprint density at radius 1 is 1.21 bits per heavy atom. The summed E-state index contributed by atoms with van der Waals surface area (Å²) in [5.41, 5.74) is 0. The molecule has 8 heteroatoms. The molecular formula is C11H16N4O4. The molecule has 1 atom stereocenters. The maximum atomic E-state index is 11.8. The van der Waals surface area contributed by atoms with Gasteiger partial charge in [0.2, 0.25) is 11.8 Å². The summed E-state index contributed by atoms with van der Waals surface area (Å²) in [5, 5.41) is 7.57. The third-order valence-corrected chi connectivity index (χ3v) is 3.14. The van der Waals surface area contributed by atoms with Gasteiger partial charge in [0.1, 0.15) is 6.04 Å². The zero-order valence-electron chi connectivity index (χ0n) is 10.4. The zero-order chi connectivity index (χ0) is 13.8. The SMILES string of the molecule is O=C1CCC(NC(=O)C(=O)N2CCNCC2)C(=O)N1. The quantitative estimate of drug-likeness (QED) is 0.355. The highest BCUT2D eigenvalue weighted by molar-refractivity contribution is 6.35. The van der Waals surface area contributed by atoms with Crippen LogP contribution in [0, 0.1) is 0 Å². The minimum absolute atomic E-state index is 0.165. The lowest BCUT2D eigenvalue weighted by Crippen LogP contribution is -2.57. The van der Waals surface area contributed by atoms with Gasteiger partial charge in [-0.2, -0.15) is 0 Å². The molecule has 0 bridgehead atoms. The lowest BCUT2D eigenvalue weighted by atomic mass is 10.1. The summed E-state index contributed by atoms with van der Waals surface area (Å²) < 4.78 is 0. The molecule has 0 aromatic carbocycles. The van der Waals surface area contributed by atoms with Crippen molar-refractivity contribution >= 4 is 23.6 Å². The molecule has 2 rings (SSSR count). The minimum Gasteiger partial charge on any atom is -0.336 e. The Bertz CT molecular complexity index is 417. The van der Waals surface area contributed by atoms with E-state index >= 15 is 0 Å². The molecular weight excluding hydrogens is 252 g/mol. The first kappa shape index (κ1) is 13.5. The smallest absolute Gasteiger partial charge is 0.311 e. The number of carbonyl (C=O) groups is 4. The maximum Gasteiger partial charge on any atom is 0.311 e. The highest BCUT2D eigenvalue weighted by Crippen LogP contribution is 2.04. The summed E-state index contributed by atoms with van der Waals surface area (Å²) in [5.74, 6) is -2.34. The molecule has 0 radical (unpaired) electrons. The Labute approximate surface area is 109 Å². The average Bonchev–Trinajstić information content (AvgIpc) is 2.42. The van der Waals surface area contributed by atoms with E-state index in [-0.39, 0.29) is 18.7 Å². The molecule has 2 saturated heterocycles. The summed E-state index contributed by atoms with van der Waals surface area (Å²) in [6.07, 6.45) is 0.393. The van der Waals surface area contributed by atoms with Crippen molar-refractivity contribution in [3.63, 3.8) is 0 Å². The Kier molecular flexibility index (Phi) is 4.10. The van der Waals surface area contributed by atoms with E-state index in [1.807, 2.05) is 0 Å². The summed E-state index contributed by atoms with van der Waals surface area (Å²) in [7, 11) is 0. The summed E-state index contributed by atoms with van der Waals surface area (Å²) in [4.78, 5) is 47.4. The van der Waals surface area contributed by atoms with E-state index in [0.717, 1.165) is 0 Å². The second-order valence-electron chi connectivity index (χ2n) is 4.52. The monoisotopic (exact) mass is 268 g/mol. The third kappa shape index (κ3) is 3.28. The maximum absolute atomic E-state index is 11.8. The van der Waals surface area contributed by atoms with E-state index in [1.54, 1.807) is 0 Å². The number of hydrogen-bond acceptors (Lipinski definition) is 5. The molecule has 0 aromatic rings. The van der Waals surface area contributed by atoms with Crippen molar-refractivity contribution < 1.29 is 19.2 Å². The fourth-order valence-corrected chi connectivity index (χ4v) is 2.06. The predicted molar refractivity (Wildman–Crippen MR) is 63.8 cm³/mol. The van der Waals surface area contributed by atoms with Crippen LogP contribution in [0.15, 0.2) is 0 Å². The van der Waals surface area contributed by atoms with E-state index in [0.29, 0.717) is 26.2 Å². The van der Waals surface area contributed by atoms with Crippen molar-refractivity contribution in [1.29, 1.82) is 0 Å². The zero-order valence-corrected chi connectivity index (χ0v) is 10.4. The Balaban J connectivity index is 1.87. The van der Waals surface area contributed by atoms with E-state index in [9.17, 15) is 19.2 Å². The van der Waals surface area contributed by atoms with Crippen LogP contribution >= 0.6 is 0 Å². The number of piperidine rings is 1. The molecule has 19 heavy (non-hydrogen) atoms. The molecule has 3 N–H and O–H groups in total. The predicted octanol–water partition coefficient (Wildman–Crippen LogP) is -2.66. The highest BCUT2D eigenvalue weighted by atomic mass is 16.2. The van der Waals surface area contributed by atoms with Crippen LogP contribution in [0.25, 0.3) is 0 Å². The molecule has 0 aliphatic carbocycles. The van der Waals surface area contributed by atoms with Gasteiger partial charge in [0.05, 0.1) is 0 Å². The highest BCUT2D eigenvalue weighted by Gasteiger charge is 2.31. The van der Waals surface area contributed by atoms with Gasteiger partial charge in [-0.3, -0.25) is 24.5 Å². The molecule has 0 saturated carbocycles. The topological polar surface area (TPSA) is 108 Å². The number of amides is 4. The molecule has 1 unspecified atom stereocenters. The van der Waals surface area contributed by atoms with Crippen LogP contribution in [0.1, 0.15) is 12.8 Å². The van der Waals surface area contributed by atoms with Crippen LogP contribution < -0.4 is 16.0 Å². The van der Waals surface area contributed by atoms with Crippen LogP contribution in [0.4, 0.5) is 0 Å². The van der Waals surface area contributed by atoms with Crippen LogP contribution in [0.2, 0.25) is 0 Å². The first-order valence-corrected chi connectivity index (χ1v) is 6.22. The Hall–Kier alpha value is -1.96. The number of rotatable bonds is 1. The van der Waals surface area contributed by atoms with Gasteiger partial charge in [0, 0.05) is 32.6 Å². The molecule has 104 valence electrons. The van der Waals surface area contributed by atoms with Crippen LogP contribution in [0.5, 0.6) is 0 Å². The fraction of sp³-hybridized carbons (Fsp3) is 0.636. The van der Waals surface area contributed by atoms with Gasteiger partial charge < -0.3 is 15.5 Å². The Morgan fingerprint density at radius 3 is 2.53 bits per heavy atom. The first-order valence-electron chi connectivity index (χ1n) is 6.22. The second-order valence-corrected chi connectivity index (χ2v) is 4.52. The fourth-order valence-electron chi connectivity index (χ4n) is 2.06. The molecule has 8 nitrogen and oxygen atoms in total. The normalized spacial score (nSPS) is 23.8. The number of imide groups is 1. The number of piperazine rings is 1. The van der Waals surface area contributed by atoms with Gasteiger partial charge >= 0.3 is 11.8 Å². The van der Waals surface area contributed by atoms with E-state index in [2.05, 4.69) is 16.0 Å². The Morgan fingerprint density at radius 2 is 1.89 bits per heavy atom. The first-order chi connectivity index (χ1) is 9.08. The van der Waals surface area contributed by atoms with Crippen molar-refractivity contribution in [3.8, 4) is 0 Å². The summed E-state index contributed by atoms with van der Waals surface area (Å²) in [6, 6.07) is -0.808. The van der Waals surface area contributed by atoms with Crippen molar-refractivity contribution in [2.45, 2.75) is 18.9 Å². The lowest BCUT2D eigenvalue weighted by Gasteiger charge is -2.28. The second kappa shape index (κ2) is 5.79. The van der Waals surface area contributed by atoms with Crippen molar-refractivity contribution in [1.82, 2.24) is 20.9 Å². The number of hydrogen-bond donors (Lipinski definition) is 3. The third-order valence-electron chi connectivity index (χ3n) is 3.14. The van der Waals surface area contributed by atoms with Gasteiger partial charge in [0.15, 0.2) is 0 Å². The molecule has 4 amide bonds. The summed E-state index contributed by atoms with van der Waals surface area (Å²) in [6.45, 7) is 2.25. The van der Waals surface area contributed by atoms with E-state index in [1.165, 1.54) is 4.90 Å². The standard InChI is InChI=1S/C11H16N4O4/c16-8-2-1-7(9(17)14-8)13-10(18)11(19)15-5-3-12-4-6-15/h7,12H,1-6H2,(H,13,18)(H,14,16,17). The van der Waals surface area contributed by atoms with Crippen LogP contribution in [-0.2, 0) is 19.2 Å². The van der Waals surface area contributed by atoms with Crippen LogP contribution in [0.3, 0.4) is 0 Å². The summed E-state index contributed by atoms with van der Waals surface area (Å²) >= 11 is 0. The van der Waals surface area contributed by atoms with Crippen molar-refractivity contribution in [2.24, 2.45) is 0 Å². The average molecular weight is 268 g/mol.